The van der Waals surface area contributed by atoms with Crippen molar-refractivity contribution in [2.24, 2.45) is 0 Å². The van der Waals surface area contributed by atoms with E-state index < -0.39 is 0 Å². The van der Waals surface area contributed by atoms with Crippen LogP contribution in [0.15, 0.2) is 34.8 Å². The molecule has 0 unspecified atom stereocenters. The van der Waals surface area contributed by atoms with Crippen molar-refractivity contribution in [3.63, 3.8) is 0 Å². The quantitative estimate of drug-likeness (QED) is 0.680. The molecular formula is C21H22BrClFN3O3. The number of nitrogens with zero attached hydrogens (tertiary/aromatic N) is 2. The van der Waals surface area contributed by atoms with Gasteiger partial charge >= 0.3 is 0 Å². The number of ether oxygens (including phenoxy) is 2. The molecule has 1 N–H and O–H groups in total. The summed E-state index contributed by atoms with van der Waals surface area (Å²) < 4.78 is 25.1. The Hall–Kier alpha value is -1.87. The first-order valence-electron chi connectivity index (χ1n) is 9.75. The van der Waals surface area contributed by atoms with Gasteiger partial charge in [-0.15, -0.1) is 0 Å². The van der Waals surface area contributed by atoms with Gasteiger partial charge in [0, 0.05) is 54.4 Å². The van der Waals surface area contributed by atoms with Crippen molar-refractivity contribution < 1.29 is 18.7 Å². The smallest absolute Gasteiger partial charge is 0.238 e. The lowest BCUT2D eigenvalue weighted by atomic mass is 10.2. The molecule has 0 spiro atoms. The number of carbonyl (C=O) groups excluding carboxylic acids is 1. The molecule has 2 aliphatic heterocycles. The lowest BCUT2D eigenvalue weighted by Crippen LogP contribution is -2.48. The number of nitrogens with one attached hydrogen (secondary N) is 1. The Morgan fingerprint density at radius 2 is 1.73 bits per heavy atom. The lowest BCUT2D eigenvalue weighted by molar-refractivity contribution is -0.117. The Balaban J connectivity index is 1.27. The van der Waals surface area contributed by atoms with Gasteiger partial charge in [-0.2, -0.15) is 0 Å². The highest BCUT2D eigenvalue weighted by atomic mass is 79.9. The van der Waals surface area contributed by atoms with Crippen LogP contribution in [-0.4, -0.2) is 61.6 Å². The molecule has 6 nitrogen and oxygen atoms in total. The number of hydrogen-bond acceptors (Lipinski definition) is 5. The van der Waals surface area contributed by atoms with Crippen LogP contribution in [0.25, 0.3) is 0 Å². The average Bonchev–Trinajstić information content (AvgIpc) is 2.72. The van der Waals surface area contributed by atoms with Gasteiger partial charge in [0.05, 0.1) is 12.2 Å². The summed E-state index contributed by atoms with van der Waals surface area (Å²) in [5, 5.41) is 3.39. The molecule has 2 heterocycles. The summed E-state index contributed by atoms with van der Waals surface area (Å²) >= 11 is 9.60. The highest BCUT2D eigenvalue weighted by molar-refractivity contribution is 9.10. The standard InChI is InChI=1S/C21H22BrClFN3O3/c22-16-10-19-20(30-8-7-29-19)11-18(16)25-21(28)13-27-5-3-26(4-6-27)12-14-1-2-15(24)9-17(14)23/h1-2,9-11H,3-8,12-13H2,(H,25,28). The van der Waals surface area contributed by atoms with Crippen molar-refractivity contribution in [3.8, 4) is 11.5 Å². The maximum Gasteiger partial charge on any atom is 0.238 e. The third kappa shape index (κ3) is 5.24. The van der Waals surface area contributed by atoms with Crippen molar-refractivity contribution in [1.29, 1.82) is 0 Å². The summed E-state index contributed by atoms with van der Waals surface area (Å²) in [5.41, 5.74) is 1.57. The fourth-order valence-corrected chi connectivity index (χ4v) is 4.20. The van der Waals surface area contributed by atoms with Crippen molar-refractivity contribution >= 4 is 39.1 Å². The minimum atomic E-state index is -0.329. The second-order valence-electron chi connectivity index (χ2n) is 7.31. The van der Waals surface area contributed by atoms with Crippen LogP contribution < -0.4 is 14.8 Å². The molecule has 0 atom stereocenters. The number of halogens is 3. The van der Waals surface area contributed by atoms with Gasteiger partial charge in [-0.25, -0.2) is 4.39 Å². The van der Waals surface area contributed by atoms with Crippen LogP contribution >= 0.6 is 27.5 Å². The van der Waals surface area contributed by atoms with E-state index in [2.05, 4.69) is 31.0 Å². The van der Waals surface area contributed by atoms with Crippen LogP contribution in [0.5, 0.6) is 11.5 Å². The topological polar surface area (TPSA) is 54.0 Å². The molecule has 0 aromatic heterocycles. The largest absolute Gasteiger partial charge is 0.486 e. The highest BCUT2D eigenvalue weighted by Gasteiger charge is 2.21. The second kappa shape index (κ2) is 9.51. The number of rotatable bonds is 5. The number of carbonyl (C=O) groups is 1. The maximum atomic E-state index is 13.2. The summed E-state index contributed by atoms with van der Waals surface area (Å²) in [5.74, 6) is 0.892. The molecule has 0 saturated carbocycles. The van der Waals surface area contributed by atoms with Crippen LogP contribution in [0, 0.1) is 5.82 Å². The van der Waals surface area contributed by atoms with Crippen molar-refractivity contribution in [2.45, 2.75) is 6.54 Å². The number of amides is 1. The summed E-state index contributed by atoms with van der Waals surface area (Å²) in [6, 6.07) is 8.08. The Morgan fingerprint density at radius 3 is 2.43 bits per heavy atom. The number of anilines is 1. The van der Waals surface area contributed by atoms with Crippen molar-refractivity contribution in [3.05, 3.63) is 51.2 Å². The molecule has 1 fully saturated rings. The Bertz CT molecular complexity index is 938. The van der Waals surface area contributed by atoms with E-state index in [1.807, 2.05) is 6.07 Å². The molecule has 1 amide bonds. The van der Waals surface area contributed by atoms with E-state index in [1.54, 1.807) is 12.1 Å². The molecule has 2 aromatic rings. The average molecular weight is 499 g/mol. The predicted molar refractivity (Wildman–Crippen MR) is 117 cm³/mol. The SMILES string of the molecule is O=C(CN1CCN(Cc2ccc(F)cc2Cl)CC1)Nc1cc2c(cc1Br)OCCO2. The van der Waals surface area contributed by atoms with Gasteiger partial charge in [0.2, 0.25) is 5.91 Å². The summed E-state index contributed by atoms with van der Waals surface area (Å²) in [7, 11) is 0. The monoisotopic (exact) mass is 497 g/mol. The third-order valence-electron chi connectivity index (χ3n) is 5.15. The van der Waals surface area contributed by atoms with Gasteiger partial charge < -0.3 is 14.8 Å². The molecule has 2 aromatic carbocycles. The summed E-state index contributed by atoms with van der Waals surface area (Å²) in [6.45, 7) is 5.17. The van der Waals surface area contributed by atoms with E-state index in [4.69, 9.17) is 21.1 Å². The van der Waals surface area contributed by atoms with Gasteiger partial charge in [-0.3, -0.25) is 14.6 Å². The zero-order valence-electron chi connectivity index (χ0n) is 16.3. The number of piperazine rings is 1. The molecule has 9 heteroatoms. The molecule has 0 radical (unpaired) electrons. The van der Waals surface area contributed by atoms with E-state index in [9.17, 15) is 9.18 Å². The Kier molecular flexibility index (Phi) is 6.77. The number of benzene rings is 2. The molecule has 0 bridgehead atoms. The van der Waals surface area contributed by atoms with Crippen LogP contribution in [0.4, 0.5) is 10.1 Å². The fourth-order valence-electron chi connectivity index (χ4n) is 3.55. The first kappa shape index (κ1) is 21.4. The summed E-state index contributed by atoms with van der Waals surface area (Å²) in [4.78, 5) is 16.9. The second-order valence-corrected chi connectivity index (χ2v) is 8.57. The van der Waals surface area contributed by atoms with Gasteiger partial charge in [-0.05, 0) is 33.6 Å². The van der Waals surface area contributed by atoms with E-state index in [0.717, 1.165) is 36.2 Å². The van der Waals surface area contributed by atoms with Crippen LogP contribution in [0.2, 0.25) is 5.02 Å². The highest BCUT2D eigenvalue weighted by Crippen LogP contribution is 2.38. The molecule has 160 valence electrons. The van der Waals surface area contributed by atoms with Gasteiger partial charge in [0.15, 0.2) is 11.5 Å². The van der Waals surface area contributed by atoms with E-state index in [-0.39, 0.29) is 11.7 Å². The van der Waals surface area contributed by atoms with Gasteiger partial charge in [-0.1, -0.05) is 17.7 Å². The number of hydrogen-bond donors (Lipinski definition) is 1. The van der Waals surface area contributed by atoms with E-state index in [1.165, 1.54) is 12.1 Å². The molecule has 2 aliphatic rings. The fraction of sp³-hybridized carbons (Fsp3) is 0.381. The zero-order valence-corrected chi connectivity index (χ0v) is 18.6. The molecule has 0 aliphatic carbocycles. The van der Waals surface area contributed by atoms with Gasteiger partial charge in [0.1, 0.15) is 19.0 Å². The Morgan fingerprint density at radius 1 is 1.07 bits per heavy atom. The molecule has 1 saturated heterocycles. The maximum absolute atomic E-state index is 13.2. The molecular weight excluding hydrogens is 477 g/mol. The first-order valence-corrected chi connectivity index (χ1v) is 10.9. The first-order chi connectivity index (χ1) is 14.5. The minimum Gasteiger partial charge on any atom is -0.486 e. The van der Waals surface area contributed by atoms with Crippen LogP contribution in [-0.2, 0) is 11.3 Å². The zero-order chi connectivity index (χ0) is 21.1. The van der Waals surface area contributed by atoms with Crippen LogP contribution in [0.3, 0.4) is 0 Å². The van der Waals surface area contributed by atoms with Crippen molar-refractivity contribution in [1.82, 2.24) is 9.80 Å². The third-order valence-corrected chi connectivity index (χ3v) is 6.16. The van der Waals surface area contributed by atoms with Crippen molar-refractivity contribution in [2.75, 3.05) is 51.3 Å². The van der Waals surface area contributed by atoms with Crippen LogP contribution in [0.1, 0.15) is 5.56 Å². The normalized spacial score (nSPS) is 17.0. The molecule has 4 rings (SSSR count). The number of fused-ring (bicyclic) bond motifs is 1. The summed E-state index contributed by atoms with van der Waals surface area (Å²) in [6.07, 6.45) is 0. The minimum absolute atomic E-state index is 0.0811. The lowest BCUT2D eigenvalue weighted by Gasteiger charge is -2.34. The van der Waals surface area contributed by atoms with E-state index >= 15 is 0 Å². The predicted octanol–water partition coefficient (Wildman–Crippen LogP) is 3.77. The molecule has 30 heavy (non-hydrogen) atoms. The van der Waals surface area contributed by atoms with E-state index in [0.29, 0.717) is 48.5 Å². The van der Waals surface area contributed by atoms with Gasteiger partial charge in [0.25, 0.3) is 0 Å². The Labute approximate surface area is 188 Å².